The summed E-state index contributed by atoms with van der Waals surface area (Å²) in [5, 5.41) is 16.2. The number of imidazole rings is 1. The molecule has 0 saturated heterocycles. The van der Waals surface area contributed by atoms with E-state index in [1.807, 2.05) is 29.7 Å². The molecule has 172 valence electrons. The Morgan fingerprint density at radius 1 is 1.06 bits per heavy atom. The molecule has 0 fully saturated rings. The molecular formula is C25H31N7O. The predicted molar refractivity (Wildman–Crippen MR) is 134 cm³/mol. The summed E-state index contributed by atoms with van der Waals surface area (Å²) in [6.45, 7) is 6.80. The van der Waals surface area contributed by atoms with E-state index in [4.69, 9.17) is 5.73 Å². The van der Waals surface area contributed by atoms with Gasteiger partial charge in [-0.05, 0) is 49.1 Å². The van der Waals surface area contributed by atoms with Crippen LogP contribution in [0.4, 0.5) is 17.5 Å². The molecule has 0 aliphatic carbocycles. The van der Waals surface area contributed by atoms with Crippen LogP contribution < -0.4 is 16.4 Å². The van der Waals surface area contributed by atoms with Crippen molar-refractivity contribution in [2.75, 3.05) is 23.0 Å². The van der Waals surface area contributed by atoms with Gasteiger partial charge in [0.1, 0.15) is 0 Å². The first-order chi connectivity index (χ1) is 16.0. The highest BCUT2D eigenvalue weighted by molar-refractivity contribution is 5.84. The summed E-state index contributed by atoms with van der Waals surface area (Å²) >= 11 is 0. The van der Waals surface area contributed by atoms with Crippen molar-refractivity contribution >= 4 is 28.6 Å². The SMILES string of the molecule is CCC(CO)Nc1nc(NCc2ccc(-c3cccc(N)c3)cc2)c2ncn(C(C)C)c2n1. The maximum atomic E-state index is 9.59. The Kier molecular flexibility index (Phi) is 6.74. The minimum atomic E-state index is -0.106. The number of nitrogen functional groups attached to an aromatic ring is 1. The van der Waals surface area contributed by atoms with E-state index in [0.29, 0.717) is 18.3 Å². The number of hydrogen-bond acceptors (Lipinski definition) is 7. The van der Waals surface area contributed by atoms with E-state index < -0.39 is 0 Å². The van der Waals surface area contributed by atoms with Gasteiger partial charge in [-0.25, -0.2) is 4.98 Å². The highest BCUT2D eigenvalue weighted by atomic mass is 16.3. The lowest BCUT2D eigenvalue weighted by atomic mass is 10.0. The van der Waals surface area contributed by atoms with Gasteiger partial charge in [-0.1, -0.05) is 43.3 Å². The van der Waals surface area contributed by atoms with Crippen LogP contribution in [-0.4, -0.2) is 37.3 Å². The fourth-order valence-electron chi connectivity index (χ4n) is 3.66. The molecule has 2 aromatic heterocycles. The van der Waals surface area contributed by atoms with Crippen LogP contribution in [-0.2, 0) is 6.54 Å². The second-order valence-electron chi connectivity index (χ2n) is 8.42. The van der Waals surface area contributed by atoms with Crippen LogP contribution >= 0.6 is 0 Å². The first-order valence-electron chi connectivity index (χ1n) is 11.3. The van der Waals surface area contributed by atoms with E-state index >= 15 is 0 Å². The smallest absolute Gasteiger partial charge is 0.227 e. The molecule has 0 amide bonds. The first-order valence-corrected chi connectivity index (χ1v) is 11.3. The van der Waals surface area contributed by atoms with Gasteiger partial charge in [-0.15, -0.1) is 0 Å². The zero-order valence-corrected chi connectivity index (χ0v) is 19.3. The molecule has 8 heteroatoms. The summed E-state index contributed by atoms with van der Waals surface area (Å²) in [5.74, 6) is 1.14. The number of aliphatic hydroxyl groups is 1. The summed E-state index contributed by atoms with van der Waals surface area (Å²) in [5.41, 5.74) is 11.5. The quantitative estimate of drug-likeness (QED) is 0.281. The molecule has 0 spiro atoms. The third kappa shape index (κ3) is 5.06. The normalized spacial score (nSPS) is 12.3. The molecule has 0 bridgehead atoms. The van der Waals surface area contributed by atoms with Crippen molar-refractivity contribution < 1.29 is 5.11 Å². The van der Waals surface area contributed by atoms with Crippen molar-refractivity contribution in [3.05, 3.63) is 60.4 Å². The number of aromatic nitrogens is 4. The number of nitrogens with two attached hydrogens (primary N) is 1. The number of fused-ring (bicyclic) bond motifs is 1. The lowest BCUT2D eigenvalue weighted by Gasteiger charge is -2.16. The van der Waals surface area contributed by atoms with Crippen LogP contribution in [0.1, 0.15) is 38.8 Å². The summed E-state index contributed by atoms with van der Waals surface area (Å²) < 4.78 is 2.02. The Labute approximate surface area is 193 Å². The fourth-order valence-corrected chi connectivity index (χ4v) is 3.66. The standard InChI is InChI=1S/C25H31N7O/c1-4-21(14-33)29-25-30-23(22-24(31-25)32(15-28-22)16(2)3)27-13-17-8-10-18(11-9-17)19-6-5-7-20(26)12-19/h5-12,15-16,21,33H,4,13-14,26H2,1-3H3,(H2,27,29,30,31). The second kappa shape index (κ2) is 9.87. The van der Waals surface area contributed by atoms with E-state index in [2.05, 4.69) is 69.8 Å². The Bertz CT molecular complexity index is 1210. The summed E-state index contributed by atoms with van der Waals surface area (Å²) in [6.07, 6.45) is 2.56. The third-order valence-corrected chi connectivity index (χ3v) is 5.66. The Morgan fingerprint density at radius 3 is 2.52 bits per heavy atom. The molecular weight excluding hydrogens is 414 g/mol. The number of benzene rings is 2. The lowest BCUT2D eigenvalue weighted by molar-refractivity contribution is 0.271. The molecule has 4 rings (SSSR count). The van der Waals surface area contributed by atoms with Gasteiger partial charge in [-0.2, -0.15) is 9.97 Å². The summed E-state index contributed by atoms with van der Waals surface area (Å²) in [7, 11) is 0. The lowest BCUT2D eigenvalue weighted by Crippen LogP contribution is -2.24. The highest BCUT2D eigenvalue weighted by Gasteiger charge is 2.16. The monoisotopic (exact) mass is 445 g/mol. The third-order valence-electron chi connectivity index (χ3n) is 5.66. The van der Waals surface area contributed by atoms with Crippen molar-refractivity contribution in [1.82, 2.24) is 19.5 Å². The molecule has 1 unspecified atom stereocenters. The first kappa shape index (κ1) is 22.5. The van der Waals surface area contributed by atoms with Crippen molar-refractivity contribution in [3.63, 3.8) is 0 Å². The van der Waals surface area contributed by atoms with Crippen molar-refractivity contribution in [2.45, 2.75) is 45.8 Å². The van der Waals surface area contributed by atoms with Gasteiger partial charge < -0.3 is 26.0 Å². The Hall–Kier alpha value is -3.65. The minimum absolute atomic E-state index is 0.0174. The predicted octanol–water partition coefficient (Wildman–Crippen LogP) is 4.45. The van der Waals surface area contributed by atoms with Crippen molar-refractivity contribution in [3.8, 4) is 11.1 Å². The van der Waals surface area contributed by atoms with E-state index in [0.717, 1.165) is 40.0 Å². The molecule has 2 heterocycles. The van der Waals surface area contributed by atoms with Crippen LogP contribution in [0.2, 0.25) is 0 Å². The molecule has 5 N–H and O–H groups in total. The van der Waals surface area contributed by atoms with Gasteiger partial charge in [0.2, 0.25) is 5.95 Å². The van der Waals surface area contributed by atoms with Gasteiger partial charge >= 0.3 is 0 Å². The number of aliphatic hydroxyl groups excluding tert-OH is 1. The number of rotatable bonds is 9. The zero-order valence-electron chi connectivity index (χ0n) is 19.3. The zero-order chi connectivity index (χ0) is 23.4. The van der Waals surface area contributed by atoms with Gasteiger partial charge in [0.15, 0.2) is 17.0 Å². The van der Waals surface area contributed by atoms with Crippen LogP contribution in [0.3, 0.4) is 0 Å². The van der Waals surface area contributed by atoms with Gasteiger partial charge in [0, 0.05) is 18.3 Å². The minimum Gasteiger partial charge on any atom is -0.399 e. The second-order valence-corrected chi connectivity index (χ2v) is 8.42. The van der Waals surface area contributed by atoms with Crippen LogP contribution in [0, 0.1) is 0 Å². The van der Waals surface area contributed by atoms with Crippen molar-refractivity contribution in [2.24, 2.45) is 0 Å². The molecule has 2 aromatic carbocycles. The van der Waals surface area contributed by atoms with E-state index in [1.54, 1.807) is 6.33 Å². The van der Waals surface area contributed by atoms with Gasteiger partial charge in [-0.3, -0.25) is 0 Å². The average Bonchev–Trinajstić information content (AvgIpc) is 3.26. The maximum Gasteiger partial charge on any atom is 0.227 e. The molecule has 8 nitrogen and oxygen atoms in total. The largest absolute Gasteiger partial charge is 0.399 e. The molecule has 1 atom stereocenters. The number of hydrogen-bond donors (Lipinski definition) is 4. The van der Waals surface area contributed by atoms with Crippen molar-refractivity contribution in [1.29, 1.82) is 0 Å². The molecule has 0 aliphatic heterocycles. The van der Waals surface area contributed by atoms with E-state index in [1.165, 1.54) is 0 Å². The topological polar surface area (TPSA) is 114 Å². The summed E-state index contributed by atoms with van der Waals surface area (Å²) in [6, 6.07) is 16.3. The average molecular weight is 446 g/mol. The number of nitrogens with zero attached hydrogens (tertiary/aromatic N) is 4. The van der Waals surface area contributed by atoms with Gasteiger partial charge in [0.25, 0.3) is 0 Å². The van der Waals surface area contributed by atoms with Crippen LogP contribution in [0.15, 0.2) is 54.9 Å². The Morgan fingerprint density at radius 2 is 1.85 bits per heavy atom. The Balaban J connectivity index is 1.58. The molecule has 33 heavy (non-hydrogen) atoms. The fraction of sp³-hybridized carbons (Fsp3) is 0.320. The molecule has 4 aromatic rings. The summed E-state index contributed by atoms with van der Waals surface area (Å²) in [4.78, 5) is 13.9. The van der Waals surface area contributed by atoms with Crippen LogP contribution in [0.5, 0.6) is 0 Å². The highest BCUT2D eigenvalue weighted by Crippen LogP contribution is 2.25. The van der Waals surface area contributed by atoms with E-state index in [9.17, 15) is 5.11 Å². The number of anilines is 3. The molecule has 0 radical (unpaired) electrons. The van der Waals surface area contributed by atoms with Crippen LogP contribution in [0.25, 0.3) is 22.3 Å². The maximum absolute atomic E-state index is 9.59. The molecule has 0 aliphatic rings. The molecule has 0 saturated carbocycles. The van der Waals surface area contributed by atoms with Gasteiger partial charge in [0.05, 0.1) is 19.0 Å². The van der Waals surface area contributed by atoms with E-state index in [-0.39, 0.29) is 18.7 Å². The number of nitrogens with one attached hydrogen (secondary N) is 2.